The number of fused-ring (bicyclic) bond motifs is 4. The Hall–Kier alpha value is -2.69. The maximum atomic E-state index is 13.5. The summed E-state index contributed by atoms with van der Waals surface area (Å²) in [5, 5.41) is 12.6. The number of hydrogen-bond donors (Lipinski definition) is 3. The van der Waals surface area contributed by atoms with E-state index in [-0.39, 0.29) is 44.5 Å². The van der Waals surface area contributed by atoms with E-state index in [1.807, 2.05) is 13.8 Å². The van der Waals surface area contributed by atoms with Gasteiger partial charge in [0.25, 0.3) is 5.91 Å². The van der Waals surface area contributed by atoms with E-state index in [9.17, 15) is 19.6 Å². The summed E-state index contributed by atoms with van der Waals surface area (Å²) in [6.07, 6.45) is -0.00992. The molecular weight excluding hydrogens is 406 g/mol. The normalized spacial score (nSPS) is 27.1. The predicted octanol–water partition coefficient (Wildman–Crippen LogP) is 0.713. The predicted molar refractivity (Wildman–Crippen MR) is 108 cm³/mol. The van der Waals surface area contributed by atoms with Crippen molar-refractivity contribution in [2.24, 2.45) is 5.92 Å². The molecule has 3 heterocycles. The quantitative estimate of drug-likeness (QED) is 0.560. The smallest absolute Gasteiger partial charge is 0.250 e. The average Bonchev–Trinajstić information content (AvgIpc) is 3.14. The maximum Gasteiger partial charge on any atom is 0.250 e. The average molecular weight is 433 g/mol. The van der Waals surface area contributed by atoms with Crippen LogP contribution in [0.15, 0.2) is 12.1 Å². The maximum absolute atomic E-state index is 13.5. The van der Waals surface area contributed by atoms with Crippen LogP contribution in [0.2, 0.25) is 0 Å². The van der Waals surface area contributed by atoms with Crippen molar-refractivity contribution in [2.45, 2.75) is 44.2 Å². The zero-order valence-electron chi connectivity index (χ0n) is 17.8. The number of Topliss-reactive ketones (excluding diaryl/α,β-unsaturated/α-hetero) is 1. The minimum Gasteiger partial charge on any atom is -0.454 e. The summed E-state index contributed by atoms with van der Waals surface area (Å²) in [4.78, 5) is 41.6. The van der Waals surface area contributed by atoms with Gasteiger partial charge in [-0.15, -0.1) is 0 Å². The van der Waals surface area contributed by atoms with Crippen LogP contribution in [-0.4, -0.2) is 61.4 Å². The topological polar surface area (TPSA) is 126 Å². The Morgan fingerprint density at radius 2 is 2.00 bits per heavy atom. The van der Waals surface area contributed by atoms with Crippen LogP contribution in [0.25, 0.3) is 0 Å². The van der Waals surface area contributed by atoms with E-state index in [4.69, 9.17) is 14.2 Å². The number of ether oxygens (including phenoxy) is 3. The highest BCUT2D eigenvalue weighted by Gasteiger charge is 2.53. The molecule has 0 spiro atoms. The number of anilines is 1. The fourth-order valence-electron chi connectivity index (χ4n) is 4.72. The largest absolute Gasteiger partial charge is 0.454 e. The Morgan fingerprint density at radius 1 is 1.29 bits per heavy atom. The molecule has 3 N–H and O–H groups in total. The highest BCUT2D eigenvalue weighted by Crippen LogP contribution is 2.46. The van der Waals surface area contributed by atoms with Crippen molar-refractivity contribution >= 4 is 23.3 Å². The van der Waals surface area contributed by atoms with Gasteiger partial charge in [-0.2, -0.15) is 5.48 Å². The molecule has 168 valence electrons. The van der Waals surface area contributed by atoms with Gasteiger partial charge < -0.3 is 29.6 Å². The van der Waals surface area contributed by atoms with E-state index < -0.39 is 29.3 Å². The summed E-state index contributed by atoms with van der Waals surface area (Å²) < 4.78 is 16.1. The molecule has 0 aliphatic carbocycles. The van der Waals surface area contributed by atoms with Gasteiger partial charge in [0.2, 0.25) is 12.7 Å². The molecule has 10 heteroatoms. The van der Waals surface area contributed by atoms with Crippen molar-refractivity contribution in [3.63, 3.8) is 0 Å². The van der Waals surface area contributed by atoms with Gasteiger partial charge in [0.1, 0.15) is 17.4 Å². The molecule has 2 amide bonds. The van der Waals surface area contributed by atoms with Crippen molar-refractivity contribution < 1.29 is 33.8 Å². The molecule has 1 unspecified atom stereocenters. The van der Waals surface area contributed by atoms with Crippen LogP contribution in [0.5, 0.6) is 11.5 Å². The van der Waals surface area contributed by atoms with Gasteiger partial charge >= 0.3 is 0 Å². The number of hydroxylamine groups is 1. The van der Waals surface area contributed by atoms with E-state index in [0.717, 1.165) is 0 Å². The second-order valence-corrected chi connectivity index (χ2v) is 8.61. The molecule has 3 aliphatic heterocycles. The van der Waals surface area contributed by atoms with Gasteiger partial charge in [0.15, 0.2) is 11.5 Å². The SMILES string of the molecule is COCCN1C(=O)[C@@H]2NC(=O)[C@](CC(C)C)(NO)CC(=O)C2c2cc3c(cc21)OCO3. The summed E-state index contributed by atoms with van der Waals surface area (Å²) in [5.41, 5.74) is 1.69. The first kappa shape index (κ1) is 21.5. The number of amides is 2. The lowest BCUT2D eigenvalue weighted by Gasteiger charge is -2.38. The first-order valence-corrected chi connectivity index (χ1v) is 10.3. The summed E-state index contributed by atoms with van der Waals surface area (Å²) in [5.74, 6) is -1.21. The minimum atomic E-state index is -1.50. The second kappa shape index (κ2) is 8.10. The van der Waals surface area contributed by atoms with Crippen molar-refractivity contribution in [1.82, 2.24) is 10.8 Å². The number of nitrogens with zero attached hydrogens (tertiary/aromatic N) is 1. The standard InChI is InChI=1S/C21H27N3O7/c1-11(2)8-21(23-28)9-14(25)17-12-6-15-16(31-10-30-15)7-13(12)24(4-5-29-3)19(26)18(17)22-20(21)27/h6-7,11,17-18,23,28H,4-5,8-10H2,1-3H3,(H,22,27)/t17?,18-,21-/m1/s1. The van der Waals surface area contributed by atoms with Crippen LogP contribution in [0, 0.1) is 5.92 Å². The Balaban J connectivity index is 1.82. The molecule has 1 fully saturated rings. The highest BCUT2D eigenvalue weighted by molar-refractivity contribution is 6.11. The van der Waals surface area contributed by atoms with Gasteiger partial charge in [0.05, 0.1) is 18.2 Å². The van der Waals surface area contributed by atoms with E-state index in [0.29, 0.717) is 22.7 Å². The molecule has 1 aromatic rings. The Kier molecular flexibility index (Phi) is 5.63. The van der Waals surface area contributed by atoms with Crippen LogP contribution in [-0.2, 0) is 19.1 Å². The zero-order chi connectivity index (χ0) is 22.3. The first-order chi connectivity index (χ1) is 14.8. The fraction of sp³-hybridized carbons (Fsp3) is 0.571. The third-order valence-electron chi connectivity index (χ3n) is 6.05. The fourth-order valence-corrected chi connectivity index (χ4v) is 4.72. The monoisotopic (exact) mass is 433 g/mol. The van der Waals surface area contributed by atoms with Crippen molar-refractivity contribution in [2.75, 3.05) is 32.0 Å². The summed E-state index contributed by atoms with van der Waals surface area (Å²) in [7, 11) is 1.53. The van der Waals surface area contributed by atoms with Crippen molar-refractivity contribution in [3.8, 4) is 11.5 Å². The lowest BCUT2D eigenvalue weighted by molar-refractivity contribution is -0.137. The number of nitrogens with one attached hydrogen (secondary N) is 2. The number of benzene rings is 1. The van der Waals surface area contributed by atoms with Gasteiger partial charge in [-0.1, -0.05) is 13.8 Å². The third kappa shape index (κ3) is 3.54. The molecule has 0 radical (unpaired) electrons. The summed E-state index contributed by atoms with van der Waals surface area (Å²) in [6, 6.07) is 2.30. The van der Waals surface area contributed by atoms with Crippen LogP contribution >= 0.6 is 0 Å². The van der Waals surface area contributed by atoms with Crippen molar-refractivity contribution in [1.29, 1.82) is 0 Å². The number of methoxy groups -OCH3 is 1. The Morgan fingerprint density at radius 3 is 2.65 bits per heavy atom. The van der Waals surface area contributed by atoms with Gasteiger partial charge in [-0.3, -0.25) is 14.4 Å². The van der Waals surface area contributed by atoms with Gasteiger partial charge in [-0.05, 0) is 24.0 Å². The van der Waals surface area contributed by atoms with E-state index in [2.05, 4.69) is 10.8 Å². The Bertz CT molecular complexity index is 918. The van der Waals surface area contributed by atoms with E-state index in [1.165, 1.54) is 12.0 Å². The van der Waals surface area contributed by atoms with Gasteiger partial charge in [-0.25, -0.2) is 0 Å². The minimum absolute atomic E-state index is 0.0216. The molecule has 1 aromatic carbocycles. The first-order valence-electron chi connectivity index (χ1n) is 10.3. The summed E-state index contributed by atoms with van der Waals surface area (Å²) >= 11 is 0. The lowest BCUT2D eigenvalue weighted by Crippen LogP contribution is -2.60. The number of carbonyl (C=O) groups is 3. The molecular formula is C21H27N3O7. The molecule has 0 aromatic heterocycles. The number of ketones is 1. The number of carbonyl (C=O) groups excluding carboxylic acids is 3. The molecule has 3 atom stereocenters. The highest BCUT2D eigenvalue weighted by atomic mass is 16.7. The zero-order valence-corrected chi connectivity index (χ0v) is 17.8. The molecule has 31 heavy (non-hydrogen) atoms. The van der Waals surface area contributed by atoms with E-state index >= 15 is 0 Å². The van der Waals surface area contributed by atoms with Crippen LogP contribution in [0.1, 0.15) is 38.2 Å². The van der Waals surface area contributed by atoms with Crippen LogP contribution < -0.4 is 25.2 Å². The molecule has 1 saturated heterocycles. The number of hydrogen-bond acceptors (Lipinski definition) is 8. The number of rotatable bonds is 6. The molecule has 4 rings (SSSR count). The van der Waals surface area contributed by atoms with Crippen LogP contribution in [0.3, 0.4) is 0 Å². The van der Waals surface area contributed by atoms with E-state index in [1.54, 1.807) is 12.1 Å². The second-order valence-electron chi connectivity index (χ2n) is 8.61. The van der Waals surface area contributed by atoms with Crippen LogP contribution in [0.4, 0.5) is 5.69 Å². The molecule has 0 bridgehead atoms. The third-order valence-corrected chi connectivity index (χ3v) is 6.05. The lowest BCUT2D eigenvalue weighted by atomic mass is 9.78. The molecule has 10 nitrogen and oxygen atoms in total. The molecule has 3 aliphatic rings. The van der Waals surface area contributed by atoms with Crippen molar-refractivity contribution in [3.05, 3.63) is 17.7 Å². The summed E-state index contributed by atoms with van der Waals surface area (Å²) in [6.45, 7) is 4.35. The molecule has 0 saturated carbocycles. The van der Waals surface area contributed by atoms with Gasteiger partial charge in [0, 0.05) is 26.1 Å². The Labute approximate surface area is 179 Å².